The number of amides is 2. The summed E-state index contributed by atoms with van der Waals surface area (Å²) < 4.78 is 22.2. The fourth-order valence-corrected chi connectivity index (χ4v) is 11.2. The van der Waals surface area contributed by atoms with E-state index >= 15 is 9.59 Å². The van der Waals surface area contributed by atoms with Crippen molar-refractivity contribution < 1.29 is 38.7 Å². The Bertz CT molecular complexity index is 2930. The van der Waals surface area contributed by atoms with Gasteiger partial charge in [0.25, 0.3) is 0 Å². The zero-order valence-corrected chi connectivity index (χ0v) is 44.0. The molecule has 0 heterocycles. The van der Waals surface area contributed by atoms with Crippen LogP contribution < -0.4 is 29.6 Å². The van der Waals surface area contributed by atoms with Gasteiger partial charge in [-0.15, -0.1) is 0 Å². The minimum absolute atomic E-state index is 0.136. The van der Waals surface area contributed by atoms with E-state index in [0.29, 0.717) is 35.8 Å². The Hall–Kier alpha value is -7.66. The van der Waals surface area contributed by atoms with Gasteiger partial charge in [0, 0.05) is 37.8 Å². The Labute approximate surface area is 441 Å². The molecule has 0 bridgehead atoms. The van der Waals surface area contributed by atoms with Gasteiger partial charge in [-0.25, -0.2) is 0 Å². The van der Waals surface area contributed by atoms with Gasteiger partial charge in [-0.2, -0.15) is 0 Å². The number of hydrogen-bond acceptors (Lipinski definition) is 8. The lowest BCUT2D eigenvalue weighted by Crippen LogP contribution is -2.58. The summed E-state index contributed by atoms with van der Waals surface area (Å²) in [5, 5.41) is 37.8. The molecule has 4 unspecified atom stereocenters. The average molecular weight is 1010 g/mol. The predicted octanol–water partition coefficient (Wildman–Crippen LogP) is 11.8. The van der Waals surface area contributed by atoms with Crippen LogP contribution in [0.1, 0.15) is 84.7 Å². The predicted molar refractivity (Wildman–Crippen MR) is 299 cm³/mol. The van der Waals surface area contributed by atoms with E-state index in [0.717, 1.165) is 54.9 Å². The molecule has 0 fully saturated rings. The smallest absolute Gasteiger partial charge is 0.235 e. The number of nitrogens with one attached hydrogen (secondary N) is 2. The summed E-state index contributed by atoms with van der Waals surface area (Å²) in [6.07, 6.45) is 1.75. The van der Waals surface area contributed by atoms with Gasteiger partial charge >= 0.3 is 0 Å². The Morgan fingerprint density at radius 1 is 0.440 bits per heavy atom. The molecule has 4 N–H and O–H groups in total. The van der Waals surface area contributed by atoms with Crippen LogP contribution in [0.4, 0.5) is 0 Å². The Morgan fingerprint density at radius 3 is 1.09 bits per heavy atom. The van der Waals surface area contributed by atoms with Crippen molar-refractivity contribution in [2.75, 3.05) is 41.5 Å². The molecule has 0 aromatic heterocycles. The van der Waals surface area contributed by atoms with Gasteiger partial charge in [0.05, 0.1) is 39.6 Å². The van der Waals surface area contributed by atoms with E-state index in [1.54, 1.807) is 28.4 Å². The van der Waals surface area contributed by atoms with E-state index in [-0.39, 0.29) is 38.8 Å². The van der Waals surface area contributed by atoms with E-state index in [9.17, 15) is 10.2 Å². The van der Waals surface area contributed by atoms with Crippen molar-refractivity contribution in [2.24, 2.45) is 5.41 Å². The van der Waals surface area contributed by atoms with Crippen molar-refractivity contribution in [2.45, 2.75) is 75.4 Å². The van der Waals surface area contributed by atoms with E-state index in [4.69, 9.17) is 18.9 Å². The summed E-state index contributed by atoms with van der Waals surface area (Å²) in [5.41, 5.74) is 0.146. The third-order valence-corrected chi connectivity index (χ3v) is 14.9. The molecule has 0 saturated heterocycles. The molecule has 10 nitrogen and oxygen atoms in total. The SMILES string of the molecule is CCCC(CCC)(C(=O)NCC(O)(Cc1ccc(OC)cc1)C(c1ccc(OC)cc1)c1cccc2ccccc12)C(=O)NCC(O)(Cc1ccc(OC)cc1)C(c1ccc(OC)cc1)c1cccc2ccccc12. The number of methoxy groups -OCH3 is 4. The molecule has 4 atom stereocenters. The lowest BCUT2D eigenvalue weighted by atomic mass is 9.72. The topological polar surface area (TPSA) is 136 Å². The number of hydrogen-bond donors (Lipinski definition) is 4. The third kappa shape index (κ3) is 11.8. The highest BCUT2D eigenvalue weighted by molar-refractivity contribution is 6.05. The summed E-state index contributed by atoms with van der Waals surface area (Å²) in [5.74, 6) is 0.347. The summed E-state index contributed by atoms with van der Waals surface area (Å²) >= 11 is 0. The number of carbonyl (C=O) groups excluding carboxylic acids is 2. The standard InChI is InChI=1S/C65H70N2O8/c1-7-39-63(40-8-2,61(68)66-43-64(70,41-45-23-31-51(72-3)32-24-45)59(49-27-35-53(74-5)36-28-49)57-21-13-17-47-15-9-11-19-55(47)57)62(69)67-44-65(71,42-46-25-33-52(73-4)34-26-46)60(50-29-37-54(75-6)38-30-50)58-22-14-18-48-16-10-12-20-56(48)58/h9-38,59-60,70-71H,7-8,39-44H2,1-6H3,(H,66,68)(H,67,69). The quantitative estimate of drug-likeness (QED) is 0.0440. The molecule has 388 valence electrons. The highest BCUT2D eigenvalue weighted by Gasteiger charge is 2.48. The highest BCUT2D eigenvalue weighted by Crippen LogP contribution is 2.44. The van der Waals surface area contributed by atoms with E-state index in [2.05, 4.69) is 47.0 Å². The fourth-order valence-electron chi connectivity index (χ4n) is 11.2. The Morgan fingerprint density at radius 2 is 0.760 bits per heavy atom. The highest BCUT2D eigenvalue weighted by atomic mass is 16.5. The largest absolute Gasteiger partial charge is 0.497 e. The van der Waals surface area contributed by atoms with Gasteiger partial charge in [-0.05, 0) is 116 Å². The molecule has 0 aliphatic heterocycles. The summed E-state index contributed by atoms with van der Waals surface area (Å²) in [7, 11) is 6.46. The summed E-state index contributed by atoms with van der Waals surface area (Å²) in [4.78, 5) is 31.0. The maximum absolute atomic E-state index is 15.5. The number of benzene rings is 8. The minimum Gasteiger partial charge on any atom is -0.497 e. The lowest BCUT2D eigenvalue weighted by molar-refractivity contribution is -0.146. The Balaban J connectivity index is 1.20. The molecular formula is C65H70N2O8. The first-order chi connectivity index (χ1) is 36.4. The first-order valence-corrected chi connectivity index (χ1v) is 25.9. The van der Waals surface area contributed by atoms with E-state index in [1.165, 1.54) is 0 Å². The van der Waals surface area contributed by atoms with Crippen LogP contribution in [-0.4, -0.2) is 74.8 Å². The second-order valence-electron chi connectivity index (χ2n) is 19.8. The molecule has 75 heavy (non-hydrogen) atoms. The number of aliphatic hydroxyl groups is 2. The maximum atomic E-state index is 15.5. The fraction of sp³-hybridized carbons (Fsp3) is 0.292. The summed E-state index contributed by atoms with van der Waals surface area (Å²) in [6.45, 7) is 3.52. The van der Waals surface area contributed by atoms with Crippen molar-refractivity contribution >= 4 is 33.4 Å². The van der Waals surface area contributed by atoms with Crippen LogP contribution in [0.5, 0.6) is 23.0 Å². The normalized spacial score (nSPS) is 14.0. The van der Waals surface area contributed by atoms with Gasteiger partial charge in [0.1, 0.15) is 28.4 Å². The number of carbonyl (C=O) groups is 2. The molecule has 10 heteroatoms. The van der Waals surface area contributed by atoms with Gasteiger partial charge < -0.3 is 39.8 Å². The van der Waals surface area contributed by atoms with Crippen LogP contribution >= 0.6 is 0 Å². The van der Waals surface area contributed by atoms with Crippen LogP contribution in [-0.2, 0) is 22.4 Å². The molecule has 0 aliphatic carbocycles. The van der Waals surface area contributed by atoms with E-state index in [1.807, 2.05) is 159 Å². The third-order valence-electron chi connectivity index (χ3n) is 14.9. The lowest BCUT2D eigenvalue weighted by Gasteiger charge is -2.41. The number of rotatable bonds is 24. The van der Waals surface area contributed by atoms with Crippen molar-refractivity contribution in [1.29, 1.82) is 0 Å². The minimum atomic E-state index is -1.66. The first kappa shape index (κ1) is 53.6. The van der Waals surface area contributed by atoms with Crippen molar-refractivity contribution in [1.82, 2.24) is 10.6 Å². The molecule has 8 aromatic rings. The monoisotopic (exact) mass is 1010 g/mol. The van der Waals surface area contributed by atoms with Gasteiger partial charge in [0.2, 0.25) is 11.8 Å². The van der Waals surface area contributed by atoms with Crippen LogP contribution in [0.2, 0.25) is 0 Å². The molecule has 0 aliphatic rings. The summed E-state index contributed by atoms with van der Waals surface area (Å²) in [6, 6.07) is 58.9. The number of fused-ring (bicyclic) bond motifs is 2. The van der Waals surface area contributed by atoms with Crippen LogP contribution in [0.15, 0.2) is 182 Å². The second-order valence-corrected chi connectivity index (χ2v) is 19.8. The molecule has 0 spiro atoms. The molecule has 8 rings (SSSR count). The van der Waals surface area contributed by atoms with Crippen molar-refractivity contribution in [3.8, 4) is 23.0 Å². The zero-order chi connectivity index (χ0) is 53.0. The maximum Gasteiger partial charge on any atom is 0.235 e. The van der Waals surface area contributed by atoms with Crippen molar-refractivity contribution in [3.63, 3.8) is 0 Å². The molecule has 0 saturated carbocycles. The van der Waals surface area contributed by atoms with Crippen molar-refractivity contribution in [3.05, 3.63) is 215 Å². The second kappa shape index (κ2) is 24.1. The van der Waals surface area contributed by atoms with Gasteiger partial charge in [-0.3, -0.25) is 9.59 Å². The average Bonchev–Trinajstić information content (AvgIpc) is 3.45. The number of ether oxygens (including phenoxy) is 4. The molecular weight excluding hydrogens is 937 g/mol. The van der Waals surface area contributed by atoms with Gasteiger partial charge in [-0.1, -0.05) is 160 Å². The molecule has 0 radical (unpaired) electrons. The molecule has 2 amide bonds. The zero-order valence-electron chi connectivity index (χ0n) is 44.0. The molecule has 8 aromatic carbocycles. The van der Waals surface area contributed by atoms with Crippen LogP contribution in [0.25, 0.3) is 21.5 Å². The van der Waals surface area contributed by atoms with Gasteiger partial charge in [0.15, 0.2) is 0 Å². The Kier molecular flexibility index (Phi) is 17.3. The first-order valence-electron chi connectivity index (χ1n) is 25.9. The van der Waals surface area contributed by atoms with Crippen LogP contribution in [0, 0.1) is 5.41 Å². The van der Waals surface area contributed by atoms with Crippen LogP contribution in [0.3, 0.4) is 0 Å². The van der Waals surface area contributed by atoms with E-state index < -0.39 is 40.3 Å².